The standard InChI is InChI=1S/C15H21N3O2/c1-10(2)18-8-7-13(15(18)20)17-14(19)12-5-3-11(9-16)4-6-12/h3-6,10,13H,7-9,16H2,1-2H3,(H,17,19). The Balaban J connectivity index is 1.99. The second-order valence-electron chi connectivity index (χ2n) is 5.34. The zero-order valence-corrected chi connectivity index (χ0v) is 11.9. The van der Waals surface area contributed by atoms with Crippen molar-refractivity contribution >= 4 is 11.8 Å². The van der Waals surface area contributed by atoms with Crippen LogP contribution in [0.25, 0.3) is 0 Å². The highest BCUT2D eigenvalue weighted by Gasteiger charge is 2.33. The maximum absolute atomic E-state index is 12.1. The molecule has 1 atom stereocenters. The van der Waals surface area contributed by atoms with E-state index in [0.29, 0.717) is 25.1 Å². The Morgan fingerprint density at radius 2 is 2.05 bits per heavy atom. The molecule has 5 heteroatoms. The summed E-state index contributed by atoms with van der Waals surface area (Å²) in [5, 5.41) is 2.81. The van der Waals surface area contributed by atoms with Gasteiger partial charge in [-0.1, -0.05) is 12.1 Å². The van der Waals surface area contributed by atoms with E-state index >= 15 is 0 Å². The molecule has 0 aliphatic carbocycles. The predicted molar refractivity (Wildman–Crippen MR) is 77.1 cm³/mol. The van der Waals surface area contributed by atoms with Gasteiger partial charge in [-0.05, 0) is 38.0 Å². The van der Waals surface area contributed by atoms with Gasteiger partial charge in [0.05, 0.1) is 0 Å². The SMILES string of the molecule is CC(C)N1CCC(NC(=O)c2ccc(CN)cc2)C1=O. The summed E-state index contributed by atoms with van der Waals surface area (Å²) < 4.78 is 0. The average Bonchev–Trinajstić information content (AvgIpc) is 2.80. The molecule has 0 saturated carbocycles. The van der Waals surface area contributed by atoms with Crippen molar-refractivity contribution < 1.29 is 9.59 Å². The summed E-state index contributed by atoms with van der Waals surface area (Å²) in [5.74, 6) is -0.204. The maximum atomic E-state index is 12.1. The molecular formula is C15H21N3O2. The normalized spacial score (nSPS) is 18.7. The Labute approximate surface area is 119 Å². The minimum atomic E-state index is -0.404. The van der Waals surface area contributed by atoms with Crippen LogP contribution in [0.3, 0.4) is 0 Å². The van der Waals surface area contributed by atoms with Gasteiger partial charge in [0.1, 0.15) is 6.04 Å². The topological polar surface area (TPSA) is 75.4 Å². The van der Waals surface area contributed by atoms with Crippen LogP contribution in [0.1, 0.15) is 36.2 Å². The summed E-state index contributed by atoms with van der Waals surface area (Å²) in [4.78, 5) is 26.0. The minimum Gasteiger partial charge on any atom is -0.340 e. The van der Waals surface area contributed by atoms with Crippen LogP contribution in [0.5, 0.6) is 0 Å². The lowest BCUT2D eigenvalue weighted by Crippen LogP contribution is -2.43. The third kappa shape index (κ3) is 2.99. The number of carbonyl (C=O) groups excluding carboxylic acids is 2. The van der Waals surface area contributed by atoms with Gasteiger partial charge in [-0.15, -0.1) is 0 Å². The fourth-order valence-electron chi connectivity index (χ4n) is 2.38. The molecular weight excluding hydrogens is 254 g/mol. The van der Waals surface area contributed by atoms with E-state index in [1.54, 1.807) is 17.0 Å². The molecule has 0 bridgehead atoms. The van der Waals surface area contributed by atoms with Gasteiger partial charge in [0.25, 0.3) is 5.91 Å². The number of nitrogens with two attached hydrogens (primary N) is 1. The molecule has 1 heterocycles. The number of amides is 2. The first-order valence-electron chi connectivity index (χ1n) is 6.93. The highest BCUT2D eigenvalue weighted by atomic mass is 16.2. The van der Waals surface area contributed by atoms with Crippen LogP contribution in [-0.4, -0.2) is 35.3 Å². The Kier molecular flexibility index (Phi) is 4.39. The van der Waals surface area contributed by atoms with Gasteiger partial charge in [0.2, 0.25) is 5.91 Å². The van der Waals surface area contributed by atoms with Crippen molar-refractivity contribution in [3.8, 4) is 0 Å². The third-order valence-corrected chi connectivity index (χ3v) is 3.62. The number of benzene rings is 1. The maximum Gasteiger partial charge on any atom is 0.251 e. The second-order valence-corrected chi connectivity index (χ2v) is 5.34. The summed E-state index contributed by atoms with van der Waals surface area (Å²) in [6.07, 6.45) is 0.670. The lowest BCUT2D eigenvalue weighted by Gasteiger charge is -2.21. The van der Waals surface area contributed by atoms with Gasteiger partial charge in [-0.3, -0.25) is 9.59 Å². The van der Waals surface area contributed by atoms with E-state index in [4.69, 9.17) is 5.73 Å². The number of nitrogens with zero attached hydrogens (tertiary/aromatic N) is 1. The quantitative estimate of drug-likeness (QED) is 0.856. The fourth-order valence-corrected chi connectivity index (χ4v) is 2.38. The van der Waals surface area contributed by atoms with Crippen molar-refractivity contribution in [3.63, 3.8) is 0 Å². The molecule has 1 unspecified atom stereocenters. The lowest BCUT2D eigenvalue weighted by atomic mass is 10.1. The van der Waals surface area contributed by atoms with Crippen molar-refractivity contribution in [3.05, 3.63) is 35.4 Å². The first-order chi connectivity index (χ1) is 9.52. The summed E-state index contributed by atoms with van der Waals surface area (Å²) in [5.41, 5.74) is 7.05. The molecule has 1 saturated heterocycles. The molecule has 1 aromatic carbocycles. The molecule has 1 aromatic rings. The summed E-state index contributed by atoms with van der Waals surface area (Å²) in [6.45, 7) is 5.11. The van der Waals surface area contributed by atoms with Gasteiger partial charge in [0.15, 0.2) is 0 Å². The van der Waals surface area contributed by atoms with Crippen LogP contribution >= 0.6 is 0 Å². The van der Waals surface area contributed by atoms with E-state index in [1.807, 2.05) is 26.0 Å². The van der Waals surface area contributed by atoms with Gasteiger partial charge < -0.3 is 16.0 Å². The van der Waals surface area contributed by atoms with Gasteiger partial charge in [-0.25, -0.2) is 0 Å². The fraction of sp³-hybridized carbons (Fsp3) is 0.467. The molecule has 2 amide bonds. The number of rotatable bonds is 4. The van der Waals surface area contributed by atoms with Crippen molar-refractivity contribution in [1.29, 1.82) is 0 Å². The molecule has 1 aliphatic rings. The lowest BCUT2D eigenvalue weighted by molar-refractivity contribution is -0.130. The van der Waals surface area contributed by atoms with Crippen molar-refractivity contribution in [2.75, 3.05) is 6.54 Å². The molecule has 0 radical (unpaired) electrons. The van der Waals surface area contributed by atoms with Crippen molar-refractivity contribution in [1.82, 2.24) is 10.2 Å². The molecule has 1 aliphatic heterocycles. The van der Waals surface area contributed by atoms with E-state index in [1.165, 1.54) is 0 Å². The zero-order chi connectivity index (χ0) is 14.7. The van der Waals surface area contributed by atoms with Gasteiger partial charge in [-0.2, -0.15) is 0 Å². The van der Waals surface area contributed by atoms with Crippen molar-refractivity contribution in [2.24, 2.45) is 5.73 Å². The summed E-state index contributed by atoms with van der Waals surface area (Å²) in [7, 11) is 0. The van der Waals surface area contributed by atoms with E-state index in [2.05, 4.69) is 5.32 Å². The number of hydrogen-bond donors (Lipinski definition) is 2. The van der Waals surface area contributed by atoms with Crippen LogP contribution in [0, 0.1) is 0 Å². The van der Waals surface area contributed by atoms with Crippen LogP contribution in [-0.2, 0) is 11.3 Å². The molecule has 20 heavy (non-hydrogen) atoms. The van der Waals surface area contributed by atoms with Crippen LogP contribution in [0.4, 0.5) is 0 Å². The molecule has 0 aromatic heterocycles. The van der Waals surface area contributed by atoms with Crippen LogP contribution < -0.4 is 11.1 Å². The molecule has 3 N–H and O–H groups in total. The van der Waals surface area contributed by atoms with E-state index in [9.17, 15) is 9.59 Å². The Bertz CT molecular complexity index is 496. The first kappa shape index (κ1) is 14.5. The minimum absolute atomic E-state index is 0.00642. The first-order valence-corrected chi connectivity index (χ1v) is 6.93. The summed E-state index contributed by atoms with van der Waals surface area (Å²) >= 11 is 0. The number of carbonyl (C=O) groups is 2. The third-order valence-electron chi connectivity index (χ3n) is 3.62. The predicted octanol–water partition coefficient (Wildman–Crippen LogP) is 0.884. The van der Waals surface area contributed by atoms with E-state index in [0.717, 1.165) is 5.56 Å². The zero-order valence-electron chi connectivity index (χ0n) is 11.9. The average molecular weight is 275 g/mol. The Morgan fingerprint density at radius 3 is 2.55 bits per heavy atom. The van der Waals surface area contributed by atoms with E-state index in [-0.39, 0.29) is 17.9 Å². The number of hydrogen-bond acceptors (Lipinski definition) is 3. The smallest absolute Gasteiger partial charge is 0.251 e. The number of nitrogens with one attached hydrogen (secondary N) is 1. The Hall–Kier alpha value is -1.88. The molecule has 2 rings (SSSR count). The molecule has 5 nitrogen and oxygen atoms in total. The largest absolute Gasteiger partial charge is 0.340 e. The van der Waals surface area contributed by atoms with Gasteiger partial charge >= 0.3 is 0 Å². The van der Waals surface area contributed by atoms with E-state index < -0.39 is 6.04 Å². The summed E-state index contributed by atoms with van der Waals surface area (Å²) in [6, 6.07) is 6.89. The Morgan fingerprint density at radius 1 is 1.40 bits per heavy atom. The van der Waals surface area contributed by atoms with Crippen LogP contribution in [0.15, 0.2) is 24.3 Å². The number of likely N-dealkylation sites (tertiary alicyclic amines) is 1. The van der Waals surface area contributed by atoms with Crippen LogP contribution in [0.2, 0.25) is 0 Å². The molecule has 1 fully saturated rings. The molecule has 0 spiro atoms. The molecule has 108 valence electrons. The van der Waals surface area contributed by atoms with Gasteiger partial charge in [0, 0.05) is 24.7 Å². The highest BCUT2D eigenvalue weighted by Crippen LogP contribution is 2.15. The second kappa shape index (κ2) is 6.05. The monoisotopic (exact) mass is 275 g/mol. The van der Waals surface area contributed by atoms with Crippen molar-refractivity contribution in [2.45, 2.75) is 38.9 Å². The highest BCUT2D eigenvalue weighted by molar-refractivity contribution is 5.98.